The third kappa shape index (κ3) is 5.01. The maximum Gasteiger partial charge on any atom is 0.274 e. The maximum absolute atomic E-state index is 12.8. The van der Waals surface area contributed by atoms with Crippen LogP contribution in [0.2, 0.25) is 0 Å². The van der Waals surface area contributed by atoms with Gasteiger partial charge in [-0.1, -0.05) is 6.07 Å². The second-order valence-electron chi connectivity index (χ2n) is 6.71. The molecule has 1 aromatic heterocycles. The average Bonchev–Trinajstić information content (AvgIpc) is 2.67. The minimum absolute atomic E-state index is 0.252. The van der Waals surface area contributed by atoms with Crippen LogP contribution < -0.4 is 20.1 Å². The van der Waals surface area contributed by atoms with Crippen LogP contribution >= 0.6 is 0 Å². The van der Waals surface area contributed by atoms with Gasteiger partial charge in [0.25, 0.3) is 5.91 Å². The predicted octanol–water partition coefficient (Wildman–Crippen LogP) is 4.41. The second kappa shape index (κ2) is 8.60. The van der Waals surface area contributed by atoms with E-state index in [9.17, 15) is 4.79 Å². The standard InChI is InChI=1S/C22H24N4O3/c1-13-8-14(2)10-16(9-13)25-21-12-19(23-15(3)24-21)22(27)26-18-7-6-17(28-4)11-20(18)29-5/h6-12H,1-5H3,(H,26,27)(H,23,24,25). The largest absolute Gasteiger partial charge is 0.497 e. The molecule has 0 unspecified atom stereocenters. The Hall–Kier alpha value is -3.61. The Balaban J connectivity index is 1.84. The highest BCUT2D eigenvalue weighted by molar-refractivity contribution is 6.04. The fourth-order valence-corrected chi connectivity index (χ4v) is 3.03. The first-order chi connectivity index (χ1) is 13.9. The number of rotatable bonds is 6. The van der Waals surface area contributed by atoms with Gasteiger partial charge in [0.15, 0.2) is 0 Å². The van der Waals surface area contributed by atoms with Crippen molar-refractivity contribution in [3.8, 4) is 11.5 Å². The summed E-state index contributed by atoms with van der Waals surface area (Å²) in [6.45, 7) is 5.81. The molecule has 0 fully saturated rings. The molecule has 3 aromatic rings. The van der Waals surface area contributed by atoms with Gasteiger partial charge in [-0.15, -0.1) is 0 Å². The molecule has 3 rings (SSSR count). The number of carbonyl (C=O) groups excluding carboxylic acids is 1. The number of hydrogen-bond acceptors (Lipinski definition) is 6. The summed E-state index contributed by atoms with van der Waals surface area (Å²) in [4.78, 5) is 21.4. The smallest absolute Gasteiger partial charge is 0.274 e. The van der Waals surface area contributed by atoms with Crippen LogP contribution in [0.5, 0.6) is 11.5 Å². The normalized spacial score (nSPS) is 10.4. The van der Waals surface area contributed by atoms with Gasteiger partial charge in [-0.25, -0.2) is 9.97 Å². The topological polar surface area (TPSA) is 85.4 Å². The van der Waals surface area contributed by atoms with Crippen molar-refractivity contribution in [3.05, 3.63) is 65.1 Å². The van der Waals surface area contributed by atoms with Crippen molar-refractivity contribution in [3.63, 3.8) is 0 Å². The number of hydrogen-bond donors (Lipinski definition) is 2. The summed E-state index contributed by atoms with van der Waals surface area (Å²) < 4.78 is 10.5. The Morgan fingerprint density at radius 1 is 0.897 bits per heavy atom. The number of nitrogens with one attached hydrogen (secondary N) is 2. The first kappa shape index (κ1) is 20.1. The molecule has 29 heavy (non-hydrogen) atoms. The molecule has 0 atom stereocenters. The van der Waals surface area contributed by atoms with Crippen molar-refractivity contribution in [2.24, 2.45) is 0 Å². The highest BCUT2D eigenvalue weighted by Gasteiger charge is 2.14. The van der Waals surface area contributed by atoms with Crippen molar-refractivity contribution in [2.45, 2.75) is 20.8 Å². The van der Waals surface area contributed by atoms with Gasteiger partial charge < -0.3 is 20.1 Å². The highest BCUT2D eigenvalue weighted by atomic mass is 16.5. The first-order valence-electron chi connectivity index (χ1n) is 9.12. The zero-order valence-electron chi connectivity index (χ0n) is 17.2. The molecule has 0 saturated heterocycles. The van der Waals surface area contributed by atoms with Crippen LogP contribution in [0.1, 0.15) is 27.4 Å². The highest BCUT2D eigenvalue weighted by Crippen LogP contribution is 2.29. The van der Waals surface area contributed by atoms with Crippen molar-refractivity contribution < 1.29 is 14.3 Å². The van der Waals surface area contributed by atoms with E-state index in [2.05, 4.69) is 26.7 Å². The Labute approximate surface area is 170 Å². The van der Waals surface area contributed by atoms with Gasteiger partial charge in [0, 0.05) is 17.8 Å². The Bertz CT molecular complexity index is 1030. The monoisotopic (exact) mass is 392 g/mol. The van der Waals surface area contributed by atoms with E-state index in [1.807, 2.05) is 26.0 Å². The lowest BCUT2D eigenvalue weighted by atomic mass is 10.1. The number of benzene rings is 2. The van der Waals surface area contributed by atoms with Crippen molar-refractivity contribution >= 4 is 23.1 Å². The van der Waals surface area contributed by atoms with E-state index in [1.54, 1.807) is 38.3 Å². The van der Waals surface area contributed by atoms with Crippen molar-refractivity contribution in [1.29, 1.82) is 0 Å². The number of amides is 1. The quantitative estimate of drug-likeness (QED) is 0.646. The van der Waals surface area contributed by atoms with Gasteiger partial charge >= 0.3 is 0 Å². The summed E-state index contributed by atoms with van der Waals surface area (Å²) in [5.74, 6) is 1.82. The number of ether oxygens (including phenoxy) is 2. The fourth-order valence-electron chi connectivity index (χ4n) is 3.03. The molecular weight excluding hydrogens is 368 g/mol. The van der Waals surface area contributed by atoms with Crippen LogP contribution in [0.25, 0.3) is 0 Å². The second-order valence-corrected chi connectivity index (χ2v) is 6.71. The summed E-state index contributed by atoms with van der Waals surface area (Å²) in [7, 11) is 3.10. The summed E-state index contributed by atoms with van der Waals surface area (Å²) in [5.41, 5.74) is 3.97. The Morgan fingerprint density at radius 3 is 2.28 bits per heavy atom. The number of aromatic nitrogens is 2. The predicted molar refractivity (Wildman–Crippen MR) is 113 cm³/mol. The minimum atomic E-state index is -0.359. The van der Waals surface area contributed by atoms with Gasteiger partial charge in [0.2, 0.25) is 0 Å². The molecule has 0 aliphatic heterocycles. The summed E-state index contributed by atoms with van der Waals surface area (Å²) in [6, 6.07) is 12.9. The molecular formula is C22H24N4O3. The molecule has 1 amide bonds. The van der Waals surface area contributed by atoms with Crippen LogP contribution in [0.15, 0.2) is 42.5 Å². The van der Waals surface area contributed by atoms with E-state index in [4.69, 9.17) is 9.47 Å². The zero-order valence-corrected chi connectivity index (χ0v) is 17.2. The van der Waals surface area contributed by atoms with Gasteiger partial charge in [0.1, 0.15) is 28.8 Å². The molecule has 0 bridgehead atoms. The first-order valence-corrected chi connectivity index (χ1v) is 9.12. The average molecular weight is 392 g/mol. The lowest BCUT2D eigenvalue weighted by Crippen LogP contribution is -2.16. The molecule has 2 aromatic carbocycles. The van der Waals surface area contributed by atoms with Crippen molar-refractivity contribution in [2.75, 3.05) is 24.9 Å². The number of methoxy groups -OCH3 is 2. The molecule has 1 heterocycles. The van der Waals surface area contributed by atoms with E-state index >= 15 is 0 Å². The van der Waals surface area contributed by atoms with Crippen LogP contribution in [-0.4, -0.2) is 30.1 Å². The molecule has 7 heteroatoms. The van der Waals surface area contributed by atoms with Gasteiger partial charge in [0.05, 0.1) is 19.9 Å². The van der Waals surface area contributed by atoms with Gasteiger partial charge in [-0.2, -0.15) is 0 Å². The van der Waals surface area contributed by atoms with Crippen LogP contribution in [0, 0.1) is 20.8 Å². The van der Waals surface area contributed by atoms with Crippen molar-refractivity contribution in [1.82, 2.24) is 9.97 Å². The molecule has 0 saturated carbocycles. The lowest BCUT2D eigenvalue weighted by Gasteiger charge is -2.13. The van der Waals surface area contributed by atoms with E-state index in [-0.39, 0.29) is 11.6 Å². The number of anilines is 3. The number of carbonyl (C=O) groups is 1. The third-order valence-electron chi connectivity index (χ3n) is 4.22. The van der Waals surface area contributed by atoms with Crippen LogP contribution in [0.3, 0.4) is 0 Å². The molecule has 0 spiro atoms. The minimum Gasteiger partial charge on any atom is -0.497 e. The number of nitrogens with zero attached hydrogens (tertiary/aromatic N) is 2. The molecule has 2 N–H and O–H groups in total. The summed E-state index contributed by atoms with van der Waals surface area (Å²) in [5, 5.41) is 6.08. The van der Waals surface area contributed by atoms with E-state index in [0.717, 1.165) is 16.8 Å². The fraction of sp³-hybridized carbons (Fsp3) is 0.227. The SMILES string of the molecule is COc1ccc(NC(=O)c2cc(Nc3cc(C)cc(C)c3)nc(C)n2)c(OC)c1. The van der Waals surface area contributed by atoms with Crippen LogP contribution in [-0.2, 0) is 0 Å². The molecule has 7 nitrogen and oxygen atoms in total. The lowest BCUT2D eigenvalue weighted by molar-refractivity contribution is 0.102. The third-order valence-corrected chi connectivity index (χ3v) is 4.22. The molecule has 0 radical (unpaired) electrons. The van der Waals surface area contributed by atoms with E-state index in [1.165, 1.54) is 7.11 Å². The van der Waals surface area contributed by atoms with Gasteiger partial charge in [-0.05, 0) is 56.2 Å². The number of aryl methyl sites for hydroxylation is 3. The van der Waals surface area contributed by atoms with Gasteiger partial charge in [-0.3, -0.25) is 4.79 Å². The molecule has 0 aliphatic carbocycles. The molecule has 0 aliphatic rings. The van der Waals surface area contributed by atoms with E-state index in [0.29, 0.717) is 28.8 Å². The Kier molecular flexibility index (Phi) is 5.97. The maximum atomic E-state index is 12.8. The van der Waals surface area contributed by atoms with Crippen LogP contribution in [0.4, 0.5) is 17.2 Å². The Morgan fingerprint density at radius 2 is 1.62 bits per heavy atom. The summed E-state index contributed by atoms with van der Waals surface area (Å²) in [6.07, 6.45) is 0. The zero-order chi connectivity index (χ0) is 21.0. The molecule has 150 valence electrons. The van der Waals surface area contributed by atoms with E-state index < -0.39 is 0 Å². The summed E-state index contributed by atoms with van der Waals surface area (Å²) >= 11 is 0.